The third kappa shape index (κ3) is 2.84. The number of rotatable bonds is 3. The molecule has 0 aliphatic heterocycles. The highest BCUT2D eigenvalue weighted by Crippen LogP contribution is 2.26. The van der Waals surface area contributed by atoms with Crippen LogP contribution in [0.15, 0.2) is 65.5 Å². The summed E-state index contributed by atoms with van der Waals surface area (Å²) in [7, 11) is 0. The Morgan fingerprint density at radius 1 is 1.00 bits per heavy atom. The molecule has 0 unspecified atom stereocenters. The lowest BCUT2D eigenvalue weighted by atomic mass is 10.1. The average molecular weight is 328 g/mol. The molecule has 1 heterocycles. The summed E-state index contributed by atoms with van der Waals surface area (Å²) in [6.45, 7) is 0. The number of nitro groups is 1. The van der Waals surface area contributed by atoms with Gasteiger partial charge in [0.2, 0.25) is 0 Å². The second-order valence-corrected chi connectivity index (χ2v) is 5.10. The highest BCUT2D eigenvalue weighted by atomic mass is 35.5. The van der Waals surface area contributed by atoms with Crippen LogP contribution >= 0.6 is 11.6 Å². The fourth-order valence-corrected chi connectivity index (χ4v) is 2.43. The largest absolute Gasteiger partial charge is 0.295 e. The molecular formula is C16H10ClN3O3. The van der Waals surface area contributed by atoms with E-state index in [1.165, 1.54) is 30.3 Å². The van der Waals surface area contributed by atoms with Crippen LogP contribution in [0.1, 0.15) is 0 Å². The summed E-state index contributed by atoms with van der Waals surface area (Å²) < 4.78 is 1.01. The van der Waals surface area contributed by atoms with E-state index in [0.29, 0.717) is 16.3 Å². The topological polar surface area (TPSA) is 78.0 Å². The molecule has 0 fully saturated rings. The van der Waals surface area contributed by atoms with Gasteiger partial charge in [-0.15, -0.1) is 0 Å². The zero-order valence-electron chi connectivity index (χ0n) is 11.7. The molecule has 1 aromatic heterocycles. The number of hydrogen-bond donors (Lipinski definition) is 0. The molecule has 3 aromatic rings. The van der Waals surface area contributed by atoms with E-state index >= 15 is 0 Å². The SMILES string of the molecule is O=c1ccc(-c2ccccc2Cl)nn1-c1ccccc1[N+](=O)[O-]. The predicted molar refractivity (Wildman–Crippen MR) is 86.9 cm³/mol. The lowest BCUT2D eigenvalue weighted by molar-refractivity contribution is -0.384. The average Bonchev–Trinajstić information content (AvgIpc) is 2.56. The minimum atomic E-state index is -0.550. The van der Waals surface area contributed by atoms with Crippen LogP contribution in [0, 0.1) is 10.1 Å². The van der Waals surface area contributed by atoms with Crippen LogP contribution in [0.3, 0.4) is 0 Å². The van der Waals surface area contributed by atoms with Crippen LogP contribution in [0.25, 0.3) is 16.9 Å². The maximum absolute atomic E-state index is 12.1. The molecule has 114 valence electrons. The van der Waals surface area contributed by atoms with Gasteiger partial charge < -0.3 is 0 Å². The maximum atomic E-state index is 12.1. The van der Waals surface area contributed by atoms with Crippen molar-refractivity contribution < 1.29 is 4.92 Å². The number of benzene rings is 2. The molecule has 0 aliphatic carbocycles. The van der Waals surface area contributed by atoms with Gasteiger partial charge in [0, 0.05) is 17.7 Å². The van der Waals surface area contributed by atoms with Gasteiger partial charge >= 0.3 is 0 Å². The molecule has 0 atom stereocenters. The first kappa shape index (κ1) is 14.9. The van der Waals surface area contributed by atoms with Crippen molar-refractivity contribution in [3.63, 3.8) is 0 Å². The number of para-hydroxylation sites is 2. The number of hydrogen-bond acceptors (Lipinski definition) is 4. The normalized spacial score (nSPS) is 10.5. The van der Waals surface area contributed by atoms with Gasteiger partial charge in [-0.05, 0) is 18.2 Å². The molecule has 0 radical (unpaired) electrons. The molecule has 0 N–H and O–H groups in total. The maximum Gasteiger partial charge on any atom is 0.295 e. The van der Waals surface area contributed by atoms with Gasteiger partial charge in [0.05, 0.1) is 15.6 Å². The van der Waals surface area contributed by atoms with Crippen LogP contribution < -0.4 is 5.56 Å². The third-order valence-electron chi connectivity index (χ3n) is 3.26. The van der Waals surface area contributed by atoms with Crippen molar-refractivity contribution in [1.29, 1.82) is 0 Å². The fourth-order valence-electron chi connectivity index (χ4n) is 2.19. The fraction of sp³-hybridized carbons (Fsp3) is 0. The van der Waals surface area contributed by atoms with Crippen molar-refractivity contribution in [2.75, 3.05) is 0 Å². The van der Waals surface area contributed by atoms with Gasteiger partial charge in [-0.25, -0.2) is 0 Å². The molecule has 0 saturated heterocycles. The molecule has 6 nitrogen and oxygen atoms in total. The van der Waals surface area contributed by atoms with Gasteiger partial charge in [-0.3, -0.25) is 14.9 Å². The third-order valence-corrected chi connectivity index (χ3v) is 3.59. The van der Waals surface area contributed by atoms with Gasteiger partial charge in [0.1, 0.15) is 5.69 Å². The Labute approximate surface area is 135 Å². The Hall–Kier alpha value is -2.99. The smallest absolute Gasteiger partial charge is 0.267 e. The highest BCUT2D eigenvalue weighted by molar-refractivity contribution is 6.33. The minimum absolute atomic E-state index is 0.108. The van der Waals surface area contributed by atoms with Crippen LogP contribution in [-0.2, 0) is 0 Å². The lowest BCUT2D eigenvalue weighted by Crippen LogP contribution is -2.21. The second-order valence-electron chi connectivity index (χ2n) is 4.69. The van der Waals surface area contributed by atoms with Crippen LogP contribution in [0.2, 0.25) is 5.02 Å². The summed E-state index contributed by atoms with van der Waals surface area (Å²) >= 11 is 6.14. The molecule has 0 bridgehead atoms. The Morgan fingerprint density at radius 3 is 2.43 bits per heavy atom. The zero-order valence-corrected chi connectivity index (χ0v) is 12.5. The number of halogens is 1. The molecule has 0 spiro atoms. The Balaban J connectivity index is 2.23. The molecule has 0 amide bonds. The molecule has 3 rings (SSSR count). The molecule has 2 aromatic carbocycles. The standard InChI is InChI=1S/C16H10ClN3O3/c17-12-6-2-1-5-11(12)13-9-10-16(21)19(18-13)14-7-3-4-8-15(14)20(22)23/h1-10H. The number of aromatic nitrogens is 2. The Morgan fingerprint density at radius 2 is 1.70 bits per heavy atom. The van der Waals surface area contributed by atoms with Gasteiger partial charge in [-0.2, -0.15) is 9.78 Å². The van der Waals surface area contributed by atoms with Crippen LogP contribution in [0.4, 0.5) is 5.69 Å². The van der Waals surface area contributed by atoms with Crippen molar-refractivity contribution in [2.24, 2.45) is 0 Å². The summed E-state index contributed by atoms with van der Waals surface area (Å²) in [5, 5.41) is 15.9. The molecule has 0 aliphatic rings. The quantitative estimate of drug-likeness (QED) is 0.545. The minimum Gasteiger partial charge on any atom is -0.267 e. The van der Waals surface area contributed by atoms with Crippen molar-refractivity contribution >= 4 is 17.3 Å². The van der Waals surface area contributed by atoms with E-state index in [0.717, 1.165) is 4.68 Å². The van der Waals surface area contributed by atoms with Crippen molar-refractivity contribution in [3.8, 4) is 16.9 Å². The number of nitro benzene ring substituents is 1. The van der Waals surface area contributed by atoms with Gasteiger partial charge in [0.15, 0.2) is 0 Å². The molecule has 7 heteroatoms. The lowest BCUT2D eigenvalue weighted by Gasteiger charge is -2.08. The molecular weight excluding hydrogens is 318 g/mol. The molecule has 0 saturated carbocycles. The van der Waals surface area contributed by atoms with Crippen molar-refractivity contribution in [2.45, 2.75) is 0 Å². The van der Waals surface area contributed by atoms with Crippen molar-refractivity contribution in [3.05, 3.63) is 86.2 Å². The van der Waals surface area contributed by atoms with E-state index in [-0.39, 0.29) is 11.4 Å². The van der Waals surface area contributed by atoms with E-state index in [9.17, 15) is 14.9 Å². The van der Waals surface area contributed by atoms with Crippen LogP contribution in [-0.4, -0.2) is 14.7 Å². The van der Waals surface area contributed by atoms with E-state index in [1.54, 1.807) is 30.3 Å². The second kappa shape index (κ2) is 6.02. The van der Waals surface area contributed by atoms with Gasteiger partial charge in [0.25, 0.3) is 11.2 Å². The summed E-state index contributed by atoms with van der Waals surface area (Å²) in [6.07, 6.45) is 0. The molecule has 23 heavy (non-hydrogen) atoms. The van der Waals surface area contributed by atoms with E-state index in [1.807, 2.05) is 0 Å². The first-order chi connectivity index (χ1) is 11.1. The zero-order chi connectivity index (χ0) is 16.4. The van der Waals surface area contributed by atoms with Gasteiger partial charge in [-0.1, -0.05) is 41.9 Å². The first-order valence-corrected chi connectivity index (χ1v) is 7.05. The van der Waals surface area contributed by atoms with E-state index < -0.39 is 10.5 Å². The summed E-state index contributed by atoms with van der Waals surface area (Å²) in [5.74, 6) is 0. The predicted octanol–water partition coefficient (Wildman–Crippen LogP) is 3.46. The Kier molecular flexibility index (Phi) is 3.91. The van der Waals surface area contributed by atoms with Crippen LogP contribution in [0.5, 0.6) is 0 Å². The highest BCUT2D eigenvalue weighted by Gasteiger charge is 2.17. The number of nitrogens with zero attached hydrogens (tertiary/aromatic N) is 3. The van der Waals surface area contributed by atoms with E-state index in [4.69, 9.17) is 11.6 Å². The monoisotopic (exact) mass is 327 g/mol. The summed E-state index contributed by atoms with van der Waals surface area (Å²) in [4.78, 5) is 22.7. The summed E-state index contributed by atoms with van der Waals surface area (Å²) in [6, 6.07) is 15.8. The Bertz CT molecular complexity index is 953. The first-order valence-electron chi connectivity index (χ1n) is 6.67. The van der Waals surface area contributed by atoms with E-state index in [2.05, 4.69) is 5.10 Å². The summed E-state index contributed by atoms with van der Waals surface area (Å²) in [5.41, 5.74) is 0.541. The van der Waals surface area contributed by atoms with Crippen molar-refractivity contribution in [1.82, 2.24) is 9.78 Å².